The Balaban J connectivity index is 1.79. The van der Waals surface area contributed by atoms with E-state index in [0.717, 1.165) is 5.56 Å². The Kier molecular flexibility index (Phi) is 3.75. The zero-order chi connectivity index (χ0) is 16.6. The van der Waals surface area contributed by atoms with Crippen molar-refractivity contribution in [2.45, 2.75) is 46.5 Å². The highest BCUT2D eigenvalue weighted by Crippen LogP contribution is 2.22. The Labute approximate surface area is 134 Å². The van der Waals surface area contributed by atoms with Crippen LogP contribution in [0.15, 0.2) is 27.1 Å². The first-order valence-corrected chi connectivity index (χ1v) is 7.56. The number of rotatable bonds is 3. The average molecular weight is 312 g/mol. The molecule has 0 aliphatic heterocycles. The van der Waals surface area contributed by atoms with Crippen LogP contribution in [0.5, 0.6) is 0 Å². The summed E-state index contributed by atoms with van der Waals surface area (Å²) in [7, 11) is 0. The summed E-state index contributed by atoms with van der Waals surface area (Å²) >= 11 is 0. The van der Waals surface area contributed by atoms with Gasteiger partial charge in [-0.25, -0.2) is 0 Å². The van der Waals surface area contributed by atoms with Crippen LogP contribution in [0.25, 0.3) is 11.5 Å². The quantitative estimate of drug-likeness (QED) is 0.735. The first-order valence-electron chi connectivity index (χ1n) is 7.56. The Bertz CT molecular complexity index is 827. The maximum absolute atomic E-state index is 5.71. The van der Waals surface area contributed by atoms with E-state index in [-0.39, 0.29) is 5.41 Å². The van der Waals surface area contributed by atoms with Crippen LogP contribution >= 0.6 is 0 Å². The molecule has 0 saturated heterocycles. The monoisotopic (exact) mass is 312 g/mol. The minimum absolute atomic E-state index is 0.152. The van der Waals surface area contributed by atoms with Crippen molar-refractivity contribution in [3.63, 3.8) is 0 Å². The van der Waals surface area contributed by atoms with Crippen molar-refractivity contribution in [3.8, 4) is 11.5 Å². The number of aryl methyl sites for hydroxylation is 2. The normalized spacial score (nSPS) is 11.9. The first-order chi connectivity index (χ1) is 10.8. The van der Waals surface area contributed by atoms with Crippen molar-refractivity contribution < 1.29 is 8.94 Å². The van der Waals surface area contributed by atoms with Crippen molar-refractivity contribution in [2.75, 3.05) is 0 Å². The molecule has 6 heteroatoms. The molecule has 0 aliphatic carbocycles. The highest BCUT2D eigenvalue weighted by Gasteiger charge is 2.22. The van der Waals surface area contributed by atoms with Crippen molar-refractivity contribution in [3.05, 3.63) is 46.9 Å². The van der Waals surface area contributed by atoms with Gasteiger partial charge in [0.2, 0.25) is 17.7 Å². The van der Waals surface area contributed by atoms with Gasteiger partial charge in [0.1, 0.15) is 6.42 Å². The van der Waals surface area contributed by atoms with Crippen LogP contribution in [-0.2, 0) is 11.8 Å². The van der Waals surface area contributed by atoms with E-state index in [0.29, 0.717) is 29.9 Å². The predicted molar refractivity (Wildman–Crippen MR) is 85.0 cm³/mol. The molecular formula is C17H20N4O2. The third kappa shape index (κ3) is 3.31. The Morgan fingerprint density at radius 1 is 1.00 bits per heavy atom. The van der Waals surface area contributed by atoms with Gasteiger partial charge in [0.15, 0.2) is 5.82 Å². The maximum Gasteiger partial charge on any atom is 0.247 e. The summed E-state index contributed by atoms with van der Waals surface area (Å²) in [6.07, 6.45) is 0.334. The molecule has 120 valence electrons. The van der Waals surface area contributed by atoms with Crippen molar-refractivity contribution in [2.24, 2.45) is 0 Å². The molecule has 2 heterocycles. The molecular weight excluding hydrogens is 292 g/mol. The lowest BCUT2D eigenvalue weighted by molar-refractivity contribution is 0.360. The van der Waals surface area contributed by atoms with Gasteiger partial charge in [-0.15, -0.1) is 10.2 Å². The highest BCUT2D eigenvalue weighted by atomic mass is 16.5. The van der Waals surface area contributed by atoms with Gasteiger partial charge in [-0.2, -0.15) is 4.98 Å². The third-order valence-corrected chi connectivity index (χ3v) is 3.66. The summed E-state index contributed by atoms with van der Waals surface area (Å²) in [6, 6.07) is 6.06. The molecule has 0 spiro atoms. The standard InChI is InChI=1S/C17H20N4O2/c1-10-6-7-12(8-11(10)2)15-20-19-14(22-15)9-13-18-16(21-23-13)17(3,4)5/h6-8H,9H2,1-5H3. The summed E-state index contributed by atoms with van der Waals surface area (Å²) in [4.78, 5) is 4.38. The molecule has 0 N–H and O–H groups in total. The van der Waals surface area contributed by atoms with Crippen molar-refractivity contribution in [1.29, 1.82) is 0 Å². The number of aromatic nitrogens is 4. The fraction of sp³-hybridized carbons (Fsp3) is 0.412. The van der Waals surface area contributed by atoms with Gasteiger partial charge in [-0.05, 0) is 37.1 Å². The topological polar surface area (TPSA) is 77.8 Å². The van der Waals surface area contributed by atoms with E-state index in [1.165, 1.54) is 11.1 Å². The SMILES string of the molecule is Cc1ccc(-c2nnc(Cc3nc(C(C)(C)C)no3)o2)cc1C. The Morgan fingerprint density at radius 3 is 2.43 bits per heavy atom. The number of benzene rings is 1. The van der Waals surface area contributed by atoms with Gasteiger partial charge in [0.05, 0.1) is 0 Å². The zero-order valence-electron chi connectivity index (χ0n) is 14.0. The largest absolute Gasteiger partial charge is 0.420 e. The van der Waals surface area contributed by atoms with Gasteiger partial charge in [-0.3, -0.25) is 0 Å². The maximum atomic E-state index is 5.71. The van der Waals surface area contributed by atoms with Gasteiger partial charge < -0.3 is 8.94 Å². The van der Waals surface area contributed by atoms with E-state index in [4.69, 9.17) is 8.94 Å². The van der Waals surface area contributed by atoms with Crippen LogP contribution in [0.2, 0.25) is 0 Å². The van der Waals surface area contributed by atoms with Gasteiger partial charge in [0, 0.05) is 11.0 Å². The summed E-state index contributed by atoms with van der Waals surface area (Å²) in [5.74, 6) is 2.10. The van der Waals surface area contributed by atoms with E-state index >= 15 is 0 Å². The number of nitrogens with zero attached hydrogens (tertiary/aromatic N) is 4. The van der Waals surface area contributed by atoms with Crippen LogP contribution in [-0.4, -0.2) is 20.3 Å². The molecule has 23 heavy (non-hydrogen) atoms. The third-order valence-electron chi connectivity index (χ3n) is 3.66. The molecule has 3 rings (SSSR count). The molecule has 3 aromatic rings. The lowest BCUT2D eigenvalue weighted by Gasteiger charge is -2.10. The summed E-state index contributed by atoms with van der Waals surface area (Å²) < 4.78 is 11.0. The van der Waals surface area contributed by atoms with Gasteiger partial charge >= 0.3 is 0 Å². The second kappa shape index (κ2) is 5.61. The molecule has 0 atom stereocenters. The predicted octanol–water partition coefficient (Wildman–Crippen LogP) is 3.62. The van der Waals surface area contributed by atoms with Crippen LogP contribution < -0.4 is 0 Å². The highest BCUT2D eigenvalue weighted by molar-refractivity contribution is 5.55. The fourth-order valence-electron chi connectivity index (χ4n) is 2.08. The van der Waals surface area contributed by atoms with E-state index < -0.39 is 0 Å². The summed E-state index contributed by atoms with van der Waals surface area (Å²) in [5, 5.41) is 12.2. The molecule has 0 radical (unpaired) electrons. The average Bonchev–Trinajstić information content (AvgIpc) is 3.11. The molecule has 0 bridgehead atoms. The van der Waals surface area contributed by atoms with E-state index in [1.807, 2.05) is 39.0 Å². The van der Waals surface area contributed by atoms with E-state index in [1.54, 1.807) is 0 Å². The van der Waals surface area contributed by atoms with Crippen LogP contribution in [0.1, 0.15) is 49.5 Å². The molecule has 0 fully saturated rings. The molecule has 0 aliphatic rings. The van der Waals surface area contributed by atoms with Gasteiger partial charge in [0.25, 0.3) is 0 Å². The fourth-order valence-corrected chi connectivity index (χ4v) is 2.08. The second-order valence-corrected chi connectivity index (χ2v) is 6.74. The number of hydrogen-bond donors (Lipinski definition) is 0. The molecule has 2 aromatic heterocycles. The minimum Gasteiger partial charge on any atom is -0.420 e. The smallest absolute Gasteiger partial charge is 0.247 e. The Morgan fingerprint density at radius 2 is 1.78 bits per heavy atom. The first kappa shape index (κ1) is 15.4. The molecule has 6 nitrogen and oxygen atoms in total. The second-order valence-electron chi connectivity index (χ2n) is 6.74. The van der Waals surface area contributed by atoms with Gasteiger partial charge in [-0.1, -0.05) is 32.0 Å². The van der Waals surface area contributed by atoms with E-state index in [9.17, 15) is 0 Å². The lowest BCUT2D eigenvalue weighted by atomic mass is 9.96. The summed E-state index contributed by atoms with van der Waals surface area (Å²) in [6.45, 7) is 10.2. The van der Waals surface area contributed by atoms with E-state index in [2.05, 4.69) is 34.2 Å². The summed E-state index contributed by atoms with van der Waals surface area (Å²) in [5.41, 5.74) is 3.18. The lowest BCUT2D eigenvalue weighted by Crippen LogP contribution is -2.13. The van der Waals surface area contributed by atoms with Crippen LogP contribution in [0.4, 0.5) is 0 Å². The van der Waals surface area contributed by atoms with Crippen molar-refractivity contribution >= 4 is 0 Å². The van der Waals surface area contributed by atoms with Crippen LogP contribution in [0, 0.1) is 13.8 Å². The zero-order valence-corrected chi connectivity index (χ0v) is 14.0. The molecule has 1 aromatic carbocycles. The Hall–Kier alpha value is -2.50. The molecule has 0 unspecified atom stereocenters. The minimum atomic E-state index is -0.152. The van der Waals surface area contributed by atoms with Crippen molar-refractivity contribution in [1.82, 2.24) is 20.3 Å². The molecule has 0 amide bonds. The number of hydrogen-bond acceptors (Lipinski definition) is 6. The molecule has 0 saturated carbocycles. The van der Waals surface area contributed by atoms with Crippen LogP contribution in [0.3, 0.4) is 0 Å².